The predicted molar refractivity (Wildman–Crippen MR) is 44.7 cm³/mol. The second-order valence-electron chi connectivity index (χ2n) is 2.13. The largest absolute Gasteiger partial charge is 0.372 e. The summed E-state index contributed by atoms with van der Waals surface area (Å²) in [5, 5.41) is 0. The van der Waals surface area contributed by atoms with Gasteiger partial charge in [0.05, 0.1) is 18.6 Å². The molecule has 1 aromatic rings. The van der Waals surface area contributed by atoms with Crippen molar-refractivity contribution in [1.29, 1.82) is 0 Å². The van der Waals surface area contributed by atoms with Crippen molar-refractivity contribution in [2.45, 2.75) is 6.10 Å². The van der Waals surface area contributed by atoms with Crippen LogP contribution >= 0.6 is 11.6 Å². The van der Waals surface area contributed by atoms with Gasteiger partial charge in [0.15, 0.2) is 0 Å². The first-order valence-electron chi connectivity index (χ1n) is 3.46. The lowest BCUT2D eigenvalue weighted by atomic mass is 10.5. The molecular weight excluding hydrogens is 162 g/mol. The molecule has 0 amide bonds. The first kappa shape index (κ1) is 8.50. The molecule has 0 saturated carbocycles. The van der Waals surface area contributed by atoms with Crippen molar-refractivity contribution in [2.75, 3.05) is 12.5 Å². The Labute approximate surface area is 71.2 Å². The van der Waals surface area contributed by atoms with Crippen LogP contribution in [0.4, 0.5) is 0 Å². The zero-order chi connectivity index (χ0) is 7.94. The molecule has 2 heterocycles. The SMILES string of the molecule is ClCC1CO1.c1ccncc1. The lowest BCUT2D eigenvalue weighted by Crippen LogP contribution is -1.80. The summed E-state index contributed by atoms with van der Waals surface area (Å²) in [6.45, 7) is 0.878. The highest BCUT2D eigenvalue weighted by Gasteiger charge is 2.19. The van der Waals surface area contributed by atoms with Gasteiger partial charge >= 0.3 is 0 Å². The van der Waals surface area contributed by atoms with Crippen molar-refractivity contribution < 1.29 is 4.74 Å². The van der Waals surface area contributed by atoms with Gasteiger partial charge in [-0.05, 0) is 12.1 Å². The average molecular weight is 172 g/mol. The molecule has 0 radical (unpaired) electrons. The number of rotatable bonds is 1. The number of alkyl halides is 1. The third-order valence-electron chi connectivity index (χ3n) is 1.14. The lowest BCUT2D eigenvalue weighted by Gasteiger charge is -1.70. The van der Waals surface area contributed by atoms with E-state index in [1.807, 2.05) is 18.2 Å². The lowest BCUT2D eigenvalue weighted by molar-refractivity contribution is 0.425. The van der Waals surface area contributed by atoms with E-state index in [9.17, 15) is 0 Å². The fourth-order valence-corrected chi connectivity index (χ4v) is 0.648. The summed E-state index contributed by atoms with van der Waals surface area (Å²) in [5.74, 6) is 0.667. The van der Waals surface area contributed by atoms with Crippen LogP contribution in [0.5, 0.6) is 0 Å². The quantitative estimate of drug-likeness (QED) is 0.475. The van der Waals surface area contributed by atoms with E-state index >= 15 is 0 Å². The van der Waals surface area contributed by atoms with E-state index in [-0.39, 0.29) is 0 Å². The summed E-state index contributed by atoms with van der Waals surface area (Å²) < 4.78 is 4.73. The van der Waals surface area contributed by atoms with Crippen LogP contribution in [0.1, 0.15) is 0 Å². The van der Waals surface area contributed by atoms with Crippen LogP contribution in [0.3, 0.4) is 0 Å². The normalized spacial score (nSPS) is 19.9. The topological polar surface area (TPSA) is 25.4 Å². The predicted octanol–water partition coefficient (Wildman–Crippen LogP) is 1.71. The Bertz CT molecular complexity index is 150. The van der Waals surface area contributed by atoms with Crippen molar-refractivity contribution in [2.24, 2.45) is 0 Å². The van der Waals surface area contributed by atoms with Crippen LogP contribution in [0.25, 0.3) is 0 Å². The molecule has 1 saturated heterocycles. The number of pyridine rings is 1. The molecule has 2 rings (SSSR count). The Morgan fingerprint density at radius 1 is 1.36 bits per heavy atom. The molecule has 1 atom stereocenters. The van der Waals surface area contributed by atoms with Crippen molar-refractivity contribution in [3.05, 3.63) is 30.6 Å². The van der Waals surface area contributed by atoms with Crippen LogP contribution < -0.4 is 0 Å². The first-order chi connectivity index (χ1) is 5.43. The number of hydrogen-bond acceptors (Lipinski definition) is 2. The molecule has 1 aliphatic rings. The summed E-state index contributed by atoms with van der Waals surface area (Å²) in [7, 11) is 0. The van der Waals surface area contributed by atoms with Crippen molar-refractivity contribution in [1.82, 2.24) is 4.98 Å². The van der Waals surface area contributed by atoms with Gasteiger partial charge in [0.1, 0.15) is 0 Å². The molecule has 1 aromatic heterocycles. The van der Waals surface area contributed by atoms with Gasteiger partial charge in [-0.3, -0.25) is 4.98 Å². The molecule has 0 bridgehead atoms. The van der Waals surface area contributed by atoms with Gasteiger partial charge in [-0.15, -0.1) is 11.6 Å². The van der Waals surface area contributed by atoms with Crippen LogP contribution in [0.15, 0.2) is 30.6 Å². The third-order valence-corrected chi connectivity index (χ3v) is 1.49. The Hall–Kier alpha value is -0.600. The monoisotopic (exact) mass is 171 g/mol. The first-order valence-corrected chi connectivity index (χ1v) is 3.99. The number of hydrogen-bond donors (Lipinski definition) is 0. The summed E-state index contributed by atoms with van der Waals surface area (Å²) in [5.41, 5.74) is 0. The maximum Gasteiger partial charge on any atom is 0.0944 e. The van der Waals surface area contributed by atoms with E-state index in [0.29, 0.717) is 12.0 Å². The number of ether oxygens (including phenoxy) is 1. The number of aromatic nitrogens is 1. The molecule has 60 valence electrons. The van der Waals surface area contributed by atoms with Gasteiger partial charge < -0.3 is 4.74 Å². The second kappa shape index (κ2) is 5.10. The minimum absolute atomic E-state index is 0.400. The highest BCUT2D eigenvalue weighted by molar-refractivity contribution is 6.18. The van der Waals surface area contributed by atoms with Crippen LogP contribution in [-0.2, 0) is 4.74 Å². The molecule has 2 nitrogen and oxygen atoms in total. The van der Waals surface area contributed by atoms with Crippen LogP contribution in [0.2, 0.25) is 0 Å². The van der Waals surface area contributed by atoms with Gasteiger partial charge in [-0.2, -0.15) is 0 Å². The van der Waals surface area contributed by atoms with Gasteiger partial charge in [-0.25, -0.2) is 0 Å². The summed E-state index contributed by atoms with van der Waals surface area (Å²) in [6, 6.07) is 5.72. The van der Waals surface area contributed by atoms with E-state index in [4.69, 9.17) is 16.3 Å². The summed E-state index contributed by atoms with van der Waals surface area (Å²) in [6.07, 6.45) is 3.90. The van der Waals surface area contributed by atoms with E-state index in [1.54, 1.807) is 12.4 Å². The van der Waals surface area contributed by atoms with Crippen molar-refractivity contribution in [3.8, 4) is 0 Å². The molecule has 0 N–H and O–H groups in total. The zero-order valence-electron chi connectivity index (χ0n) is 6.11. The molecular formula is C8H10ClNO. The highest BCUT2D eigenvalue weighted by atomic mass is 35.5. The molecule has 11 heavy (non-hydrogen) atoms. The smallest absolute Gasteiger partial charge is 0.0944 e. The molecule has 1 aliphatic heterocycles. The van der Waals surface area contributed by atoms with E-state index in [0.717, 1.165) is 6.61 Å². The number of epoxide rings is 1. The Morgan fingerprint density at radius 2 is 2.00 bits per heavy atom. The maximum atomic E-state index is 5.27. The fourth-order valence-electron chi connectivity index (χ4n) is 0.470. The van der Waals surface area contributed by atoms with Crippen LogP contribution in [0, 0.1) is 0 Å². The van der Waals surface area contributed by atoms with Crippen molar-refractivity contribution >= 4 is 11.6 Å². The highest BCUT2D eigenvalue weighted by Crippen LogP contribution is 2.08. The van der Waals surface area contributed by atoms with E-state index in [2.05, 4.69) is 4.98 Å². The zero-order valence-corrected chi connectivity index (χ0v) is 6.87. The average Bonchev–Trinajstić information content (AvgIpc) is 2.91. The van der Waals surface area contributed by atoms with E-state index < -0.39 is 0 Å². The molecule has 1 unspecified atom stereocenters. The van der Waals surface area contributed by atoms with Gasteiger partial charge in [-0.1, -0.05) is 6.07 Å². The fraction of sp³-hybridized carbons (Fsp3) is 0.375. The van der Waals surface area contributed by atoms with Gasteiger partial charge in [0.2, 0.25) is 0 Å². The Morgan fingerprint density at radius 3 is 2.09 bits per heavy atom. The minimum atomic E-state index is 0.400. The summed E-state index contributed by atoms with van der Waals surface area (Å²) >= 11 is 5.27. The Kier molecular flexibility index (Phi) is 3.94. The van der Waals surface area contributed by atoms with Crippen molar-refractivity contribution in [3.63, 3.8) is 0 Å². The molecule has 0 aromatic carbocycles. The maximum absolute atomic E-state index is 5.27. The number of halogens is 1. The molecule has 1 fully saturated rings. The standard InChI is InChI=1S/C5H5N.C3H5ClO/c1-2-4-6-5-3-1;4-1-3-2-5-3/h1-5H;3H,1-2H2. The molecule has 3 heteroatoms. The third kappa shape index (κ3) is 4.76. The second-order valence-corrected chi connectivity index (χ2v) is 2.44. The van der Waals surface area contributed by atoms with Gasteiger partial charge in [0.25, 0.3) is 0 Å². The molecule has 0 aliphatic carbocycles. The molecule has 0 spiro atoms. The summed E-state index contributed by atoms with van der Waals surface area (Å²) in [4.78, 5) is 3.78. The Balaban J connectivity index is 0.000000112. The van der Waals surface area contributed by atoms with Gasteiger partial charge in [0, 0.05) is 12.4 Å². The van der Waals surface area contributed by atoms with Crippen LogP contribution in [-0.4, -0.2) is 23.6 Å². The minimum Gasteiger partial charge on any atom is -0.372 e. The number of nitrogens with zero attached hydrogens (tertiary/aromatic N) is 1. The van der Waals surface area contributed by atoms with E-state index in [1.165, 1.54) is 0 Å².